The fourth-order valence-electron chi connectivity index (χ4n) is 2.20. The average molecular weight is 360 g/mol. The highest BCUT2D eigenvalue weighted by atomic mass is 16.5. The number of pyridine rings is 1. The van der Waals surface area contributed by atoms with E-state index in [2.05, 4.69) is 10.3 Å². The molecule has 0 bridgehead atoms. The zero-order valence-electron chi connectivity index (χ0n) is 14.5. The van der Waals surface area contributed by atoms with E-state index in [1.165, 1.54) is 37.6 Å². The summed E-state index contributed by atoms with van der Waals surface area (Å²) in [6.07, 6.45) is 1.46. The first kappa shape index (κ1) is 19.4. The minimum absolute atomic E-state index is 0.0631. The van der Waals surface area contributed by atoms with Crippen LogP contribution in [0.25, 0.3) is 0 Å². The zero-order chi connectivity index (χ0) is 18.9. The molecule has 0 aliphatic carbocycles. The Morgan fingerprint density at radius 3 is 2.58 bits per heavy atom. The summed E-state index contributed by atoms with van der Waals surface area (Å²) in [5.41, 5.74) is 1.40. The standard InChI is InChI=1S/C18H20N2O6/c1-24-5-6-26-16-10-13(3-4-19-16)17(21)20-15-8-12(11-25-2)7-14(9-15)18(22)23/h3-4,7-10H,5-6,11H2,1-2H3,(H,20,21)(H,22,23). The van der Waals surface area contributed by atoms with Crippen molar-refractivity contribution in [3.05, 3.63) is 53.2 Å². The Bertz CT molecular complexity index is 778. The third-order valence-electron chi connectivity index (χ3n) is 3.34. The second kappa shape index (κ2) is 9.50. The van der Waals surface area contributed by atoms with E-state index in [0.717, 1.165) is 0 Å². The maximum atomic E-state index is 12.4. The van der Waals surface area contributed by atoms with Crippen LogP contribution in [-0.2, 0) is 16.1 Å². The summed E-state index contributed by atoms with van der Waals surface area (Å²) >= 11 is 0. The van der Waals surface area contributed by atoms with Crippen molar-refractivity contribution in [2.24, 2.45) is 0 Å². The van der Waals surface area contributed by atoms with Gasteiger partial charge in [0.2, 0.25) is 5.88 Å². The average Bonchev–Trinajstić information content (AvgIpc) is 2.62. The monoisotopic (exact) mass is 360 g/mol. The number of carboxylic acids is 1. The molecule has 0 unspecified atom stereocenters. The van der Waals surface area contributed by atoms with Crippen LogP contribution in [0.15, 0.2) is 36.5 Å². The third-order valence-corrected chi connectivity index (χ3v) is 3.34. The topological polar surface area (TPSA) is 107 Å². The van der Waals surface area contributed by atoms with Crippen molar-refractivity contribution in [2.45, 2.75) is 6.61 Å². The molecule has 0 saturated carbocycles. The number of anilines is 1. The molecule has 1 aromatic heterocycles. The molecule has 8 nitrogen and oxygen atoms in total. The van der Waals surface area contributed by atoms with E-state index in [4.69, 9.17) is 14.2 Å². The van der Waals surface area contributed by atoms with Gasteiger partial charge in [-0.2, -0.15) is 0 Å². The second-order valence-electron chi connectivity index (χ2n) is 5.33. The van der Waals surface area contributed by atoms with Crippen LogP contribution in [0.3, 0.4) is 0 Å². The molecule has 2 rings (SSSR count). The van der Waals surface area contributed by atoms with E-state index >= 15 is 0 Å². The SMILES string of the molecule is COCCOc1cc(C(=O)Nc2cc(COC)cc(C(=O)O)c2)ccn1. The lowest BCUT2D eigenvalue weighted by atomic mass is 10.1. The predicted molar refractivity (Wildman–Crippen MR) is 93.7 cm³/mol. The predicted octanol–water partition coefficient (Wildman–Crippen LogP) is 2.20. The van der Waals surface area contributed by atoms with Gasteiger partial charge in [-0.05, 0) is 29.8 Å². The number of amides is 1. The van der Waals surface area contributed by atoms with Crippen LogP contribution < -0.4 is 10.1 Å². The first-order valence-electron chi connectivity index (χ1n) is 7.79. The van der Waals surface area contributed by atoms with Gasteiger partial charge in [-0.3, -0.25) is 4.79 Å². The molecule has 1 amide bonds. The molecule has 1 aromatic carbocycles. The number of carbonyl (C=O) groups is 2. The van der Waals surface area contributed by atoms with E-state index in [0.29, 0.717) is 35.9 Å². The number of carbonyl (C=O) groups excluding carboxylic acids is 1. The molecular formula is C18H20N2O6. The molecule has 2 aromatic rings. The van der Waals surface area contributed by atoms with Gasteiger partial charge in [0.15, 0.2) is 0 Å². The molecule has 1 heterocycles. The van der Waals surface area contributed by atoms with Crippen LogP contribution in [0.5, 0.6) is 5.88 Å². The number of ether oxygens (including phenoxy) is 3. The quantitative estimate of drug-likeness (QED) is 0.660. The summed E-state index contributed by atoms with van der Waals surface area (Å²) in [5, 5.41) is 11.9. The highest BCUT2D eigenvalue weighted by molar-refractivity contribution is 6.05. The minimum atomic E-state index is -1.09. The van der Waals surface area contributed by atoms with E-state index in [1.807, 2.05) is 0 Å². The van der Waals surface area contributed by atoms with Crippen LogP contribution in [-0.4, -0.2) is 49.4 Å². The third kappa shape index (κ3) is 5.54. The Morgan fingerprint density at radius 1 is 1.08 bits per heavy atom. The number of aromatic nitrogens is 1. The van der Waals surface area contributed by atoms with Gasteiger partial charge in [0, 0.05) is 37.7 Å². The molecular weight excluding hydrogens is 340 g/mol. The lowest BCUT2D eigenvalue weighted by Crippen LogP contribution is -2.14. The van der Waals surface area contributed by atoms with Gasteiger partial charge in [0.25, 0.3) is 5.91 Å². The summed E-state index contributed by atoms with van der Waals surface area (Å²) in [5.74, 6) is -1.19. The number of nitrogens with zero attached hydrogens (tertiary/aromatic N) is 1. The minimum Gasteiger partial charge on any atom is -0.478 e. The van der Waals surface area contributed by atoms with Crippen molar-refractivity contribution in [3.63, 3.8) is 0 Å². The van der Waals surface area contributed by atoms with Gasteiger partial charge in [-0.15, -0.1) is 0 Å². The fraction of sp³-hybridized carbons (Fsp3) is 0.278. The smallest absolute Gasteiger partial charge is 0.335 e. The van der Waals surface area contributed by atoms with Gasteiger partial charge < -0.3 is 24.6 Å². The van der Waals surface area contributed by atoms with Crippen LogP contribution in [0.2, 0.25) is 0 Å². The molecule has 0 aliphatic heterocycles. The maximum Gasteiger partial charge on any atom is 0.335 e. The first-order chi connectivity index (χ1) is 12.5. The van der Waals surface area contributed by atoms with E-state index in [9.17, 15) is 14.7 Å². The lowest BCUT2D eigenvalue weighted by Gasteiger charge is -2.10. The molecule has 0 spiro atoms. The number of methoxy groups -OCH3 is 2. The van der Waals surface area contributed by atoms with E-state index in [-0.39, 0.29) is 12.2 Å². The summed E-state index contributed by atoms with van der Waals surface area (Å²) in [7, 11) is 3.07. The number of nitrogens with one attached hydrogen (secondary N) is 1. The van der Waals surface area contributed by atoms with E-state index in [1.54, 1.807) is 13.2 Å². The number of carboxylic acid groups (broad SMARTS) is 1. The summed E-state index contributed by atoms with van der Waals surface area (Å²) in [6.45, 7) is 0.953. The highest BCUT2D eigenvalue weighted by Crippen LogP contribution is 2.18. The molecule has 8 heteroatoms. The molecule has 0 saturated heterocycles. The van der Waals surface area contributed by atoms with Crippen LogP contribution in [0, 0.1) is 0 Å². The second-order valence-corrected chi connectivity index (χ2v) is 5.33. The Morgan fingerprint density at radius 2 is 1.88 bits per heavy atom. The fourth-order valence-corrected chi connectivity index (χ4v) is 2.20. The molecule has 0 atom stereocenters. The molecule has 26 heavy (non-hydrogen) atoms. The van der Waals surface area contributed by atoms with Crippen molar-refractivity contribution in [3.8, 4) is 5.88 Å². The van der Waals surface area contributed by atoms with Crippen molar-refractivity contribution >= 4 is 17.6 Å². The van der Waals surface area contributed by atoms with Crippen molar-refractivity contribution in [1.82, 2.24) is 4.98 Å². The van der Waals surface area contributed by atoms with Gasteiger partial charge in [-0.25, -0.2) is 9.78 Å². The molecule has 138 valence electrons. The molecule has 0 fully saturated rings. The van der Waals surface area contributed by atoms with E-state index < -0.39 is 11.9 Å². The van der Waals surface area contributed by atoms with Crippen LogP contribution in [0.4, 0.5) is 5.69 Å². The lowest BCUT2D eigenvalue weighted by molar-refractivity contribution is 0.0696. The zero-order valence-corrected chi connectivity index (χ0v) is 14.5. The summed E-state index contributed by atoms with van der Waals surface area (Å²) in [6, 6.07) is 7.58. The Hall–Kier alpha value is -2.97. The first-order valence-corrected chi connectivity index (χ1v) is 7.79. The number of rotatable bonds is 9. The Balaban J connectivity index is 2.16. The molecule has 0 aliphatic rings. The van der Waals surface area contributed by atoms with Crippen molar-refractivity contribution < 1.29 is 28.9 Å². The van der Waals surface area contributed by atoms with Gasteiger partial charge in [0.1, 0.15) is 6.61 Å². The summed E-state index contributed by atoms with van der Waals surface area (Å²) < 4.78 is 15.3. The number of hydrogen-bond acceptors (Lipinski definition) is 6. The Labute approximate surface area is 150 Å². The van der Waals surface area contributed by atoms with Crippen LogP contribution in [0.1, 0.15) is 26.3 Å². The Kier molecular flexibility index (Phi) is 7.07. The number of hydrogen-bond donors (Lipinski definition) is 2. The van der Waals surface area contributed by atoms with Gasteiger partial charge in [-0.1, -0.05) is 0 Å². The van der Waals surface area contributed by atoms with Gasteiger partial charge >= 0.3 is 5.97 Å². The largest absolute Gasteiger partial charge is 0.478 e. The van der Waals surface area contributed by atoms with Crippen molar-refractivity contribution in [2.75, 3.05) is 32.8 Å². The van der Waals surface area contributed by atoms with Crippen LogP contribution >= 0.6 is 0 Å². The maximum absolute atomic E-state index is 12.4. The van der Waals surface area contributed by atoms with Gasteiger partial charge in [0.05, 0.1) is 18.8 Å². The normalized spacial score (nSPS) is 10.4. The highest BCUT2D eigenvalue weighted by Gasteiger charge is 2.12. The summed E-state index contributed by atoms with van der Waals surface area (Å²) in [4.78, 5) is 27.7. The molecule has 2 N–H and O–H groups in total. The molecule has 0 radical (unpaired) electrons. The number of benzene rings is 1. The number of aromatic carboxylic acids is 1. The van der Waals surface area contributed by atoms with Crippen molar-refractivity contribution in [1.29, 1.82) is 0 Å².